The van der Waals surface area contributed by atoms with Crippen molar-refractivity contribution < 1.29 is 9.90 Å². The number of aliphatic carboxylic acids is 1. The lowest BCUT2D eigenvalue weighted by Gasteiger charge is -2.19. The molecule has 0 radical (unpaired) electrons. The summed E-state index contributed by atoms with van der Waals surface area (Å²) in [5.74, 6) is -0.855. The van der Waals surface area contributed by atoms with Gasteiger partial charge in [-0.3, -0.25) is 10.1 Å². The summed E-state index contributed by atoms with van der Waals surface area (Å²) < 4.78 is 0. The zero-order valence-corrected chi connectivity index (χ0v) is 11.8. The minimum Gasteiger partial charge on any atom is -0.480 e. The number of carbonyl (C=O) groups is 1. The summed E-state index contributed by atoms with van der Waals surface area (Å²) in [6.07, 6.45) is 0. The number of carboxylic acids is 1. The van der Waals surface area contributed by atoms with Crippen LogP contribution in [0.2, 0.25) is 0 Å². The second-order valence-corrected chi connectivity index (χ2v) is 5.84. The molecule has 0 aliphatic rings. The summed E-state index contributed by atoms with van der Waals surface area (Å²) in [6, 6.07) is 12.7. The summed E-state index contributed by atoms with van der Waals surface area (Å²) in [5, 5.41) is 12.5. The van der Waals surface area contributed by atoms with Crippen molar-refractivity contribution in [3.8, 4) is 0 Å². The highest BCUT2D eigenvalue weighted by atomic mass is 32.1. The zero-order chi connectivity index (χ0) is 13.8. The van der Waals surface area contributed by atoms with Crippen LogP contribution in [-0.2, 0) is 4.79 Å². The van der Waals surface area contributed by atoms with Crippen LogP contribution in [0.4, 0.5) is 0 Å². The molecule has 2 aromatic rings. The molecule has 4 heteroatoms. The molecular formula is C15H17NO2S. The molecule has 2 unspecified atom stereocenters. The smallest absolute Gasteiger partial charge is 0.325 e. The molecule has 2 atom stereocenters. The van der Waals surface area contributed by atoms with E-state index < -0.39 is 12.0 Å². The number of rotatable bonds is 5. The summed E-state index contributed by atoms with van der Waals surface area (Å²) in [6.45, 7) is 4.04. The second-order valence-electron chi connectivity index (χ2n) is 4.52. The Labute approximate surface area is 116 Å². The van der Waals surface area contributed by atoms with Crippen LogP contribution in [-0.4, -0.2) is 11.1 Å². The van der Waals surface area contributed by atoms with E-state index >= 15 is 0 Å². The Morgan fingerprint density at radius 1 is 1.21 bits per heavy atom. The lowest BCUT2D eigenvalue weighted by atomic mass is 10.1. The summed E-state index contributed by atoms with van der Waals surface area (Å²) >= 11 is 1.69. The number of hydrogen-bond acceptors (Lipinski definition) is 3. The van der Waals surface area contributed by atoms with E-state index in [4.69, 9.17) is 0 Å². The summed E-state index contributed by atoms with van der Waals surface area (Å²) in [7, 11) is 0. The van der Waals surface area contributed by atoms with Gasteiger partial charge in [0.05, 0.1) is 0 Å². The van der Waals surface area contributed by atoms with Crippen molar-refractivity contribution in [3.05, 3.63) is 57.8 Å². The molecular weight excluding hydrogens is 258 g/mol. The van der Waals surface area contributed by atoms with Gasteiger partial charge >= 0.3 is 5.97 Å². The molecule has 0 spiro atoms. The molecule has 2 rings (SSSR count). The standard InChI is InChI=1S/C15H17NO2S/c1-10-8-9-13(19-10)11(2)16-14(15(17)18)12-6-4-3-5-7-12/h3-9,11,14,16H,1-2H3,(H,17,18). The first-order chi connectivity index (χ1) is 9.08. The van der Waals surface area contributed by atoms with Gasteiger partial charge in [-0.1, -0.05) is 30.3 Å². The van der Waals surface area contributed by atoms with Gasteiger partial charge in [0.15, 0.2) is 0 Å². The first kappa shape index (κ1) is 13.8. The quantitative estimate of drug-likeness (QED) is 0.877. The van der Waals surface area contributed by atoms with Gasteiger partial charge in [0.1, 0.15) is 6.04 Å². The van der Waals surface area contributed by atoms with Crippen LogP contribution in [0.3, 0.4) is 0 Å². The van der Waals surface area contributed by atoms with Gasteiger partial charge in [-0.2, -0.15) is 0 Å². The van der Waals surface area contributed by atoms with Gasteiger partial charge < -0.3 is 5.11 Å². The Morgan fingerprint density at radius 2 is 1.89 bits per heavy atom. The highest BCUT2D eigenvalue weighted by Gasteiger charge is 2.22. The Hall–Kier alpha value is -1.65. The Kier molecular flexibility index (Phi) is 4.35. The monoisotopic (exact) mass is 275 g/mol. The molecule has 100 valence electrons. The number of thiophene rings is 1. The fourth-order valence-corrected chi connectivity index (χ4v) is 2.86. The van der Waals surface area contributed by atoms with Crippen molar-refractivity contribution in [1.82, 2.24) is 5.32 Å². The highest BCUT2D eigenvalue weighted by molar-refractivity contribution is 7.12. The predicted octanol–water partition coefficient (Wildman–Crippen LogP) is 3.53. The fourth-order valence-electron chi connectivity index (χ4n) is 1.97. The van der Waals surface area contributed by atoms with Crippen LogP contribution in [0.15, 0.2) is 42.5 Å². The number of nitrogens with one attached hydrogen (secondary N) is 1. The maximum atomic E-state index is 11.4. The fraction of sp³-hybridized carbons (Fsp3) is 0.267. The van der Waals surface area contributed by atoms with Gasteiger partial charge in [-0.15, -0.1) is 11.3 Å². The van der Waals surface area contributed by atoms with Crippen molar-refractivity contribution in [2.24, 2.45) is 0 Å². The third-order valence-electron chi connectivity index (χ3n) is 2.98. The molecule has 1 heterocycles. The van der Waals surface area contributed by atoms with Gasteiger partial charge in [0, 0.05) is 15.8 Å². The van der Waals surface area contributed by atoms with E-state index in [9.17, 15) is 9.90 Å². The molecule has 0 fully saturated rings. The predicted molar refractivity (Wildman–Crippen MR) is 77.4 cm³/mol. The number of aryl methyl sites for hydroxylation is 1. The molecule has 0 amide bonds. The average Bonchev–Trinajstić information content (AvgIpc) is 2.83. The maximum Gasteiger partial charge on any atom is 0.325 e. The minimum absolute atomic E-state index is 0.0139. The van der Waals surface area contributed by atoms with Gasteiger partial charge in [0.2, 0.25) is 0 Å². The topological polar surface area (TPSA) is 49.3 Å². The van der Waals surface area contributed by atoms with Crippen molar-refractivity contribution in [3.63, 3.8) is 0 Å². The molecule has 2 N–H and O–H groups in total. The van der Waals surface area contributed by atoms with Crippen LogP contribution in [0.25, 0.3) is 0 Å². The van der Waals surface area contributed by atoms with Gasteiger partial charge in [0.25, 0.3) is 0 Å². The molecule has 0 aliphatic heterocycles. The van der Waals surface area contributed by atoms with Gasteiger partial charge in [-0.05, 0) is 31.5 Å². The van der Waals surface area contributed by atoms with Crippen LogP contribution < -0.4 is 5.32 Å². The van der Waals surface area contributed by atoms with E-state index in [1.165, 1.54) is 4.88 Å². The zero-order valence-electron chi connectivity index (χ0n) is 11.0. The highest BCUT2D eigenvalue weighted by Crippen LogP contribution is 2.25. The lowest BCUT2D eigenvalue weighted by Crippen LogP contribution is -2.30. The van der Waals surface area contributed by atoms with Crippen molar-refractivity contribution in [2.75, 3.05) is 0 Å². The Balaban J connectivity index is 2.16. The van der Waals surface area contributed by atoms with E-state index in [-0.39, 0.29) is 6.04 Å². The van der Waals surface area contributed by atoms with Crippen LogP contribution >= 0.6 is 11.3 Å². The molecule has 1 aromatic heterocycles. The third kappa shape index (κ3) is 3.43. The van der Waals surface area contributed by atoms with E-state index in [1.807, 2.05) is 50.2 Å². The maximum absolute atomic E-state index is 11.4. The Morgan fingerprint density at radius 3 is 2.42 bits per heavy atom. The first-order valence-electron chi connectivity index (χ1n) is 6.18. The average molecular weight is 275 g/mol. The number of carboxylic acid groups (broad SMARTS) is 1. The normalized spacial score (nSPS) is 14.0. The lowest BCUT2D eigenvalue weighted by molar-refractivity contribution is -0.139. The SMILES string of the molecule is Cc1ccc(C(C)NC(C(=O)O)c2ccccc2)s1. The molecule has 0 bridgehead atoms. The third-order valence-corrected chi connectivity index (χ3v) is 4.17. The largest absolute Gasteiger partial charge is 0.480 e. The molecule has 0 saturated carbocycles. The first-order valence-corrected chi connectivity index (χ1v) is 6.99. The van der Waals surface area contributed by atoms with Crippen LogP contribution in [0, 0.1) is 6.92 Å². The summed E-state index contributed by atoms with van der Waals surface area (Å²) in [4.78, 5) is 13.8. The molecule has 1 aromatic carbocycles. The van der Waals surface area contributed by atoms with Crippen molar-refractivity contribution in [1.29, 1.82) is 0 Å². The van der Waals surface area contributed by atoms with Crippen molar-refractivity contribution in [2.45, 2.75) is 25.9 Å². The van der Waals surface area contributed by atoms with E-state index in [2.05, 4.69) is 11.4 Å². The number of benzene rings is 1. The minimum atomic E-state index is -0.855. The van der Waals surface area contributed by atoms with E-state index in [0.29, 0.717) is 0 Å². The molecule has 0 saturated heterocycles. The van der Waals surface area contributed by atoms with Crippen molar-refractivity contribution >= 4 is 17.3 Å². The molecule has 3 nitrogen and oxygen atoms in total. The molecule has 19 heavy (non-hydrogen) atoms. The van der Waals surface area contributed by atoms with Gasteiger partial charge in [-0.25, -0.2) is 0 Å². The number of hydrogen-bond donors (Lipinski definition) is 2. The van der Waals surface area contributed by atoms with E-state index in [0.717, 1.165) is 10.4 Å². The van der Waals surface area contributed by atoms with E-state index in [1.54, 1.807) is 11.3 Å². The second kappa shape index (κ2) is 5.99. The summed E-state index contributed by atoms with van der Waals surface area (Å²) in [5.41, 5.74) is 0.773. The Bertz CT molecular complexity index is 550. The van der Waals surface area contributed by atoms with Crippen LogP contribution in [0.1, 0.15) is 34.3 Å². The molecule has 0 aliphatic carbocycles. The van der Waals surface area contributed by atoms with Crippen LogP contribution in [0.5, 0.6) is 0 Å².